The van der Waals surface area contributed by atoms with Gasteiger partial charge in [-0.3, -0.25) is 0 Å². The summed E-state index contributed by atoms with van der Waals surface area (Å²) in [5.41, 5.74) is -0.381. The van der Waals surface area contributed by atoms with E-state index in [1.54, 1.807) is 0 Å². The van der Waals surface area contributed by atoms with Gasteiger partial charge in [-0.05, 0) is 35.7 Å². The van der Waals surface area contributed by atoms with Crippen LogP contribution >= 0.6 is 15.9 Å². The van der Waals surface area contributed by atoms with E-state index in [9.17, 15) is 15.0 Å². The molecule has 1 aliphatic rings. The van der Waals surface area contributed by atoms with Crippen LogP contribution in [0.3, 0.4) is 0 Å². The molecule has 2 N–H and O–H groups in total. The topological polar surface area (TPSA) is 76.0 Å². The van der Waals surface area contributed by atoms with Crippen LogP contribution in [-0.4, -0.2) is 40.6 Å². The van der Waals surface area contributed by atoms with Gasteiger partial charge in [0.25, 0.3) is 0 Å². The molecule has 28 heavy (non-hydrogen) atoms. The van der Waals surface area contributed by atoms with Crippen LogP contribution in [0.4, 0.5) is 0 Å². The highest BCUT2D eigenvalue weighted by molar-refractivity contribution is 9.11. The number of cyclic esters (lactones) is 1. The predicted octanol–water partition coefficient (Wildman–Crippen LogP) is 3.96. The van der Waals surface area contributed by atoms with Gasteiger partial charge in [0, 0.05) is 18.9 Å². The summed E-state index contributed by atoms with van der Waals surface area (Å²) in [6, 6.07) is 9.95. The molecule has 2 rings (SSSR count). The van der Waals surface area contributed by atoms with Gasteiger partial charge in [-0.2, -0.15) is 0 Å². The molecule has 0 amide bonds. The number of hydrogen-bond donors (Lipinski definition) is 2. The molecule has 1 aromatic rings. The van der Waals surface area contributed by atoms with E-state index < -0.39 is 23.8 Å². The molecule has 1 aliphatic heterocycles. The van der Waals surface area contributed by atoms with Gasteiger partial charge in [-0.15, -0.1) is 0 Å². The van der Waals surface area contributed by atoms with Gasteiger partial charge in [0.15, 0.2) is 6.10 Å². The normalized spacial score (nSPS) is 27.9. The highest BCUT2D eigenvalue weighted by atomic mass is 79.9. The fourth-order valence-electron chi connectivity index (χ4n) is 3.63. The SMILES string of the molecule is C/C(Br)=C/C(C)C1CC(O)([C@@H](C)CCCOCc2ccccc2)C(O)C(=O)O1. The summed E-state index contributed by atoms with van der Waals surface area (Å²) in [5.74, 6) is -1.08. The van der Waals surface area contributed by atoms with Gasteiger partial charge in [0.1, 0.15) is 11.7 Å². The molecule has 4 unspecified atom stereocenters. The van der Waals surface area contributed by atoms with Gasteiger partial charge in [0.2, 0.25) is 0 Å². The van der Waals surface area contributed by atoms with Crippen molar-refractivity contribution in [3.63, 3.8) is 0 Å². The number of aliphatic hydroxyl groups is 2. The molecule has 0 radical (unpaired) electrons. The Bertz CT molecular complexity index is 658. The first kappa shape index (κ1) is 23.1. The average Bonchev–Trinajstić information content (AvgIpc) is 2.65. The van der Waals surface area contributed by atoms with Gasteiger partial charge < -0.3 is 19.7 Å². The largest absolute Gasteiger partial charge is 0.460 e. The summed E-state index contributed by atoms with van der Waals surface area (Å²) in [6.07, 6.45) is 1.54. The lowest BCUT2D eigenvalue weighted by molar-refractivity contribution is -0.212. The fourth-order valence-corrected chi connectivity index (χ4v) is 4.05. The van der Waals surface area contributed by atoms with E-state index in [1.807, 2.05) is 57.2 Å². The molecule has 1 fully saturated rings. The molecular formula is C22H31BrO5. The number of halogens is 1. The second kappa shape index (κ2) is 10.5. The molecular weight excluding hydrogens is 424 g/mol. The van der Waals surface area contributed by atoms with Crippen LogP contribution in [-0.2, 0) is 20.9 Å². The molecule has 6 heteroatoms. The lowest BCUT2D eigenvalue weighted by atomic mass is 9.74. The van der Waals surface area contributed by atoms with Gasteiger partial charge >= 0.3 is 5.97 Å². The summed E-state index contributed by atoms with van der Waals surface area (Å²) in [4.78, 5) is 12.2. The van der Waals surface area contributed by atoms with E-state index in [-0.39, 0.29) is 18.3 Å². The third-order valence-corrected chi connectivity index (χ3v) is 5.73. The number of esters is 1. The first-order valence-corrected chi connectivity index (χ1v) is 10.6. The summed E-state index contributed by atoms with van der Waals surface area (Å²) in [6.45, 7) is 6.81. The van der Waals surface area contributed by atoms with Crippen molar-refractivity contribution in [2.24, 2.45) is 11.8 Å². The Morgan fingerprint density at radius 1 is 1.39 bits per heavy atom. The third kappa shape index (κ3) is 6.14. The molecule has 1 saturated heterocycles. The van der Waals surface area contributed by atoms with Gasteiger partial charge in [-0.1, -0.05) is 66.2 Å². The smallest absolute Gasteiger partial charge is 0.338 e. The van der Waals surface area contributed by atoms with E-state index in [2.05, 4.69) is 15.9 Å². The van der Waals surface area contributed by atoms with Crippen LogP contribution in [0, 0.1) is 11.8 Å². The first-order valence-electron chi connectivity index (χ1n) is 9.80. The Kier molecular flexibility index (Phi) is 8.68. The Morgan fingerprint density at radius 2 is 2.07 bits per heavy atom. The summed E-state index contributed by atoms with van der Waals surface area (Å²) >= 11 is 3.39. The van der Waals surface area contributed by atoms with Crippen molar-refractivity contribution in [2.75, 3.05) is 6.61 Å². The van der Waals surface area contributed by atoms with Gasteiger partial charge in [-0.25, -0.2) is 4.79 Å². The van der Waals surface area contributed by atoms with Crippen LogP contribution in [0.25, 0.3) is 0 Å². The highest BCUT2D eigenvalue weighted by Crippen LogP contribution is 2.37. The molecule has 0 spiro atoms. The summed E-state index contributed by atoms with van der Waals surface area (Å²) in [7, 11) is 0. The number of benzene rings is 1. The second-order valence-corrected chi connectivity index (χ2v) is 9.02. The standard InChI is InChI=1S/C22H31BrO5/c1-15(12-17(3)23)19-13-22(26,20(24)21(25)28-19)16(2)8-7-11-27-14-18-9-5-4-6-10-18/h4-6,9-10,12,15-16,19-20,24,26H,7-8,11,13-14H2,1-3H3/b17-12-/t15?,16-,19?,20?,22?/m0/s1. The maximum atomic E-state index is 12.2. The predicted molar refractivity (Wildman–Crippen MR) is 112 cm³/mol. The number of ether oxygens (including phenoxy) is 2. The van der Waals surface area contributed by atoms with E-state index in [0.717, 1.165) is 16.5 Å². The molecule has 0 saturated carbocycles. The van der Waals surface area contributed by atoms with Crippen molar-refractivity contribution in [2.45, 2.75) is 64.4 Å². The van der Waals surface area contributed by atoms with E-state index in [4.69, 9.17) is 9.47 Å². The fraction of sp³-hybridized carbons (Fsp3) is 0.591. The number of carbonyl (C=O) groups excluding carboxylic acids is 1. The van der Waals surface area contributed by atoms with Crippen molar-refractivity contribution >= 4 is 21.9 Å². The maximum Gasteiger partial charge on any atom is 0.338 e. The van der Waals surface area contributed by atoms with Crippen LogP contribution in [0.15, 0.2) is 40.9 Å². The Hall–Kier alpha value is -1.21. The quantitative estimate of drug-likeness (QED) is 0.436. The van der Waals surface area contributed by atoms with E-state index >= 15 is 0 Å². The minimum Gasteiger partial charge on any atom is -0.460 e. The summed E-state index contributed by atoms with van der Waals surface area (Å²) in [5, 5.41) is 21.5. The number of hydrogen-bond acceptors (Lipinski definition) is 5. The lowest BCUT2D eigenvalue weighted by Gasteiger charge is -2.44. The van der Waals surface area contributed by atoms with E-state index in [0.29, 0.717) is 19.6 Å². The average molecular weight is 455 g/mol. The molecule has 156 valence electrons. The first-order chi connectivity index (χ1) is 13.2. The second-order valence-electron chi connectivity index (χ2n) is 7.77. The Labute approximate surface area is 175 Å². The zero-order chi connectivity index (χ0) is 20.7. The number of aliphatic hydroxyl groups excluding tert-OH is 1. The number of carbonyl (C=O) groups is 1. The minimum absolute atomic E-state index is 0.0660. The molecule has 0 bridgehead atoms. The Morgan fingerprint density at radius 3 is 2.71 bits per heavy atom. The van der Waals surface area contributed by atoms with Gasteiger partial charge in [0.05, 0.1) is 6.61 Å². The molecule has 5 atom stereocenters. The molecule has 1 aromatic carbocycles. The van der Waals surface area contributed by atoms with Crippen LogP contribution in [0.1, 0.15) is 45.6 Å². The van der Waals surface area contributed by atoms with E-state index in [1.165, 1.54) is 0 Å². The van der Waals surface area contributed by atoms with Crippen molar-refractivity contribution in [1.29, 1.82) is 0 Å². The van der Waals surface area contributed by atoms with Crippen molar-refractivity contribution in [3.05, 3.63) is 46.5 Å². The maximum absolute atomic E-state index is 12.2. The molecule has 0 aromatic heterocycles. The monoisotopic (exact) mass is 454 g/mol. The number of allylic oxidation sites excluding steroid dienone is 1. The van der Waals surface area contributed by atoms with Crippen LogP contribution in [0.5, 0.6) is 0 Å². The summed E-state index contributed by atoms with van der Waals surface area (Å²) < 4.78 is 12.0. The van der Waals surface area contributed by atoms with Crippen molar-refractivity contribution in [3.8, 4) is 0 Å². The third-order valence-electron chi connectivity index (χ3n) is 5.46. The minimum atomic E-state index is -1.52. The Balaban J connectivity index is 1.88. The lowest BCUT2D eigenvalue weighted by Crippen LogP contribution is -2.59. The highest BCUT2D eigenvalue weighted by Gasteiger charge is 2.52. The molecule has 1 heterocycles. The van der Waals surface area contributed by atoms with Crippen molar-refractivity contribution in [1.82, 2.24) is 0 Å². The zero-order valence-electron chi connectivity index (χ0n) is 16.8. The van der Waals surface area contributed by atoms with Crippen LogP contribution < -0.4 is 0 Å². The van der Waals surface area contributed by atoms with Crippen molar-refractivity contribution < 1.29 is 24.5 Å². The molecule has 0 aliphatic carbocycles. The number of rotatable bonds is 9. The van der Waals surface area contributed by atoms with Crippen LogP contribution in [0.2, 0.25) is 0 Å². The molecule has 5 nitrogen and oxygen atoms in total. The zero-order valence-corrected chi connectivity index (χ0v) is 18.4.